The van der Waals surface area contributed by atoms with Crippen molar-refractivity contribution >= 4 is 5.91 Å². The van der Waals surface area contributed by atoms with Crippen LogP contribution in [0, 0.1) is 17.5 Å². The molecule has 6 nitrogen and oxygen atoms in total. The molecule has 208 valence electrons. The number of halogens is 6. The first kappa shape index (κ1) is 29.2. The van der Waals surface area contributed by atoms with Gasteiger partial charge in [0, 0.05) is 39.1 Å². The average molecular weight is 544 g/mol. The number of carbonyl (C=O) groups excluding carboxylic acids is 1. The Morgan fingerprint density at radius 2 is 1.68 bits per heavy atom. The smallest absolute Gasteiger partial charge is 0.333 e. The van der Waals surface area contributed by atoms with Crippen LogP contribution in [-0.4, -0.2) is 38.2 Å². The number of nitrogens with one attached hydrogen (secondary N) is 1. The minimum absolute atomic E-state index is 0. The molecule has 1 aromatic heterocycles. The Bertz CT molecular complexity index is 1240. The van der Waals surface area contributed by atoms with E-state index in [-0.39, 0.29) is 51.3 Å². The Morgan fingerprint density at radius 1 is 1.03 bits per heavy atom. The van der Waals surface area contributed by atoms with Gasteiger partial charge in [0.1, 0.15) is 5.82 Å². The van der Waals surface area contributed by atoms with Crippen molar-refractivity contribution in [2.24, 2.45) is 0 Å². The second-order valence-corrected chi connectivity index (χ2v) is 8.67. The Labute approximate surface area is 218 Å². The van der Waals surface area contributed by atoms with Crippen LogP contribution in [0.25, 0.3) is 0 Å². The Kier molecular flexibility index (Phi) is 9.53. The standard InChI is InChI=1S/C24H23F6N5O.C2H6.H2/c1-14(15-5-3-2-4-6-15)31-17(9-16-10-19(26)20(27)12-18(16)25)11-22(36)34-7-8-35-21(13-34)32-33-23(35)24(28,29)30;1-2;/h2-6,10,12,14,17,31H,7-9,11,13H2,1H3;1-2H3;1H. The minimum atomic E-state index is -4.66. The molecule has 2 unspecified atom stereocenters. The van der Waals surface area contributed by atoms with Gasteiger partial charge in [-0.3, -0.25) is 4.79 Å². The fourth-order valence-electron chi connectivity index (χ4n) is 4.29. The first-order valence-corrected chi connectivity index (χ1v) is 12.2. The van der Waals surface area contributed by atoms with Gasteiger partial charge in [-0.15, -0.1) is 10.2 Å². The first-order chi connectivity index (χ1) is 18.0. The van der Waals surface area contributed by atoms with E-state index in [1.807, 2.05) is 51.1 Å². The Morgan fingerprint density at radius 3 is 2.34 bits per heavy atom. The van der Waals surface area contributed by atoms with Crippen LogP contribution in [0.5, 0.6) is 0 Å². The van der Waals surface area contributed by atoms with Crippen LogP contribution in [0.2, 0.25) is 0 Å². The predicted molar refractivity (Wildman–Crippen MR) is 130 cm³/mol. The van der Waals surface area contributed by atoms with Crippen LogP contribution in [0.3, 0.4) is 0 Å². The molecule has 0 bridgehead atoms. The van der Waals surface area contributed by atoms with Crippen molar-refractivity contribution in [1.82, 2.24) is 25.0 Å². The summed E-state index contributed by atoms with van der Waals surface area (Å²) in [4.78, 5) is 14.5. The number of alkyl halides is 3. The van der Waals surface area contributed by atoms with E-state index in [1.165, 1.54) is 4.90 Å². The van der Waals surface area contributed by atoms with Crippen molar-refractivity contribution in [2.45, 2.75) is 65.0 Å². The monoisotopic (exact) mass is 543 g/mol. The maximum absolute atomic E-state index is 14.4. The molecule has 12 heteroatoms. The number of rotatable bonds is 7. The van der Waals surface area contributed by atoms with Crippen molar-refractivity contribution in [3.63, 3.8) is 0 Å². The summed E-state index contributed by atoms with van der Waals surface area (Å²) in [7, 11) is 0. The summed E-state index contributed by atoms with van der Waals surface area (Å²) >= 11 is 0. The van der Waals surface area contributed by atoms with Crippen molar-refractivity contribution in [2.75, 3.05) is 6.54 Å². The molecule has 0 saturated carbocycles. The van der Waals surface area contributed by atoms with Gasteiger partial charge in [0.25, 0.3) is 0 Å². The second-order valence-electron chi connectivity index (χ2n) is 8.67. The zero-order valence-electron chi connectivity index (χ0n) is 21.2. The third-order valence-corrected chi connectivity index (χ3v) is 6.12. The van der Waals surface area contributed by atoms with Crippen molar-refractivity contribution in [1.29, 1.82) is 0 Å². The summed E-state index contributed by atoms with van der Waals surface area (Å²) in [6, 6.07) is 9.51. The third-order valence-electron chi connectivity index (χ3n) is 6.12. The minimum Gasteiger partial charge on any atom is -0.333 e. The average Bonchev–Trinajstić information content (AvgIpc) is 3.33. The van der Waals surface area contributed by atoms with E-state index in [1.54, 1.807) is 0 Å². The van der Waals surface area contributed by atoms with Crippen molar-refractivity contribution < 1.29 is 32.6 Å². The third kappa shape index (κ3) is 6.91. The molecule has 2 aromatic carbocycles. The van der Waals surface area contributed by atoms with Gasteiger partial charge in [0.15, 0.2) is 17.5 Å². The van der Waals surface area contributed by atoms with E-state index in [2.05, 4.69) is 15.5 Å². The van der Waals surface area contributed by atoms with E-state index < -0.39 is 41.4 Å². The molecule has 0 aliphatic carbocycles. The predicted octanol–water partition coefficient (Wildman–Crippen LogP) is 5.68. The van der Waals surface area contributed by atoms with E-state index in [9.17, 15) is 31.1 Å². The molecule has 1 amide bonds. The lowest BCUT2D eigenvalue weighted by Crippen LogP contribution is -2.43. The normalized spacial score (nSPS) is 14.8. The molecule has 2 heterocycles. The van der Waals surface area contributed by atoms with Crippen LogP contribution in [-0.2, 0) is 30.5 Å². The molecule has 0 spiro atoms. The number of aromatic nitrogens is 3. The molecule has 3 aromatic rings. The largest absolute Gasteiger partial charge is 0.451 e. The molecule has 2 atom stereocenters. The van der Waals surface area contributed by atoms with Crippen LogP contribution in [0.1, 0.15) is 57.4 Å². The van der Waals surface area contributed by atoms with E-state index in [4.69, 9.17) is 0 Å². The number of carbonyl (C=O) groups is 1. The highest BCUT2D eigenvalue weighted by atomic mass is 19.4. The fourth-order valence-corrected chi connectivity index (χ4v) is 4.29. The highest BCUT2D eigenvalue weighted by Crippen LogP contribution is 2.29. The maximum atomic E-state index is 14.4. The highest BCUT2D eigenvalue weighted by Gasteiger charge is 2.40. The SMILES string of the molecule is CC.CC(NC(CC(=O)N1CCn2c(nnc2C(F)(F)F)C1)Cc1cc(F)c(F)cc1F)c1ccccc1.[HH]. The first-order valence-electron chi connectivity index (χ1n) is 12.2. The van der Waals surface area contributed by atoms with Gasteiger partial charge in [-0.1, -0.05) is 44.2 Å². The molecule has 1 aliphatic rings. The molecule has 1 N–H and O–H groups in total. The summed E-state index contributed by atoms with van der Waals surface area (Å²) in [6.45, 7) is 5.56. The summed E-state index contributed by atoms with van der Waals surface area (Å²) < 4.78 is 81.8. The lowest BCUT2D eigenvalue weighted by Gasteiger charge is -2.30. The summed E-state index contributed by atoms with van der Waals surface area (Å²) in [5.74, 6) is -4.97. The molecular formula is C26H31F6N5O. The van der Waals surface area contributed by atoms with Gasteiger partial charge in [0.05, 0.1) is 6.54 Å². The lowest BCUT2D eigenvalue weighted by molar-refractivity contribution is -0.148. The molecule has 0 fully saturated rings. The van der Waals surface area contributed by atoms with Gasteiger partial charge in [-0.25, -0.2) is 13.2 Å². The van der Waals surface area contributed by atoms with Gasteiger partial charge in [0.2, 0.25) is 11.7 Å². The van der Waals surface area contributed by atoms with Crippen LogP contribution in [0.4, 0.5) is 26.3 Å². The molecular weight excluding hydrogens is 512 g/mol. The number of fused-ring (bicyclic) bond motifs is 1. The lowest BCUT2D eigenvalue weighted by atomic mass is 9.99. The number of amides is 1. The van der Waals surface area contributed by atoms with Gasteiger partial charge < -0.3 is 14.8 Å². The fraction of sp³-hybridized carbons (Fsp3) is 0.423. The second kappa shape index (κ2) is 12.4. The van der Waals surface area contributed by atoms with Crippen molar-refractivity contribution in [3.05, 3.63) is 82.7 Å². The number of nitrogens with zero attached hydrogens (tertiary/aromatic N) is 4. The maximum Gasteiger partial charge on any atom is 0.451 e. The van der Waals surface area contributed by atoms with E-state index >= 15 is 0 Å². The topological polar surface area (TPSA) is 63.1 Å². The summed E-state index contributed by atoms with van der Waals surface area (Å²) in [5, 5.41) is 10.0. The molecule has 4 rings (SSSR count). The summed E-state index contributed by atoms with van der Waals surface area (Å²) in [5.41, 5.74) is 0.791. The van der Waals surface area contributed by atoms with Crippen LogP contribution < -0.4 is 5.32 Å². The van der Waals surface area contributed by atoms with Crippen LogP contribution in [0.15, 0.2) is 42.5 Å². The Hall–Kier alpha value is -3.41. The molecule has 0 saturated heterocycles. The van der Waals surface area contributed by atoms with Gasteiger partial charge >= 0.3 is 6.18 Å². The number of benzene rings is 2. The molecule has 0 radical (unpaired) electrons. The zero-order valence-corrected chi connectivity index (χ0v) is 21.2. The van der Waals surface area contributed by atoms with E-state index in [0.29, 0.717) is 6.07 Å². The highest BCUT2D eigenvalue weighted by molar-refractivity contribution is 5.77. The van der Waals surface area contributed by atoms with Gasteiger partial charge in [-0.2, -0.15) is 13.2 Å². The molecule has 38 heavy (non-hydrogen) atoms. The van der Waals surface area contributed by atoms with Gasteiger partial charge in [-0.05, 0) is 30.5 Å². The molecule has 1 aliphatic heterocycles. The number of hydrogen-bond acceptors (Lipinski definition) is 4. The zero-order chi connectivity index (χ0) is 28.0. The number of hydrogen-bond donors (Lipinski definition) is 1. The van der Waals surface area contributed by atoms with Crippen LogP contribution >= 0.6 is 0 Å². The van der Waals surface area contributed by atoms with Crippen molar-refractivity contribution in [3.8, 4) is 0 Å². The quantitative estimate of drug-likeness (QED) is 0.308. The van der Waals surface area contributed by atoms with E-state index in [0.717, 1.165) is 16.2 Å². The summed E-state index contributed by atoms with van der Waals surface area (Å²) in [6.07, 6.45) is -4.93. The Balaban J connectivity index is 0.00000174.